The van der Waals surface area contributed by atoms with Gasteiger partial charge in [0.1, 0.15) is 57.6 Å². The van der Waals surface area contributed by atoms with Gasteiger partial charge in [0, 0.05) is 55.6 Å². The van der Waals surface area contributed by atoms with Gasteiger partial charge in [-0.15, -0.1) is 15.3 Å². The van der Waals surface area contributed by atoms with Crippen LogP contribution >= 0.6 is 0 Å². The summed E-state index contributed by atoms with van der Waals surface area (Å²) in [6.07, 6.45) is 9.75. The lowest BCUT2D eigenvalue weighted by molar-refractivity contribution is -0.128. The Labute approximate surface area is 737 Å². The number of Topliss-reactive ketones (excluding diaryl/α,β-unsaturated/α-hetero) is 2. The van der Waals surface area contributed by atoms with Crippen molar-refractivity contribution in [2.45, 2.75) is 305 Å². The molecule has 4 N–H and O–H groups in total. The molecule has 0 aromatic carbocycles. The quantitative estimate of drug-likeness (QED) is 0.0302. The molecule has 0 radical (unpaired) electrons. The van der Waals surface area contributed by atoms with E-state index in [0.717, 1.165) is 24.2 Å². The number of carbonyl (C=O) groups is 6. The van der Waals surface area contributed by atoms with Crippen LogP contribution in [0.1, 0.15) is 223 Å². The highest BCUT2D eigenvalue weighted by Gasteiger charge is 2.25. The summed E-state index contributed by atoms with van der Waals surface area (Å²) in [6.45, 7) is 66.9. The van der Waals surface area contributed by atoms with E-state index >= 15 is 0 Å². The zero-order valence-corrected chi connectivity index (χ0v) is 80.5. The van der Waals surface area contributed by atoms with Gasteiger partial charge in [0.05, 0.1) is 205 Å². The van der Waals surface area contributed by atoms with Crippen LogP contribution in [0.4, 0.5) is 0 Å². The Morgan fingerprint density at radius 2 is 0.829 bits per heavy atom. The minimum absolute atomic E-state index is 0.0247. The summed E-state index contributed by atoms with van der Waals surface area (Å²) in [6, 6.07) is 0. The molecule has 0 bridgehead atoms. The number of aromatic nitrogens is 9. The van der Waals surface area contributed by atoms with Gasteiger partial charge < -0.3 is 102 Å². The lowest BCUT2D eigenvalue weighted by Crippen LogP contribution is -2.42. The third-order valence-corrected chi connectivity index (χ3v) is 14.9. The summed E-state index contributed by atoms with van der Waals surface area (Å²) < 4.78 is 96.3. The summed E-state index contributed by atoms with van der Waals surface area (Å²) in [4.78, 5) is 69.1. The molecule has 1 fully saturated rings. The zero-order valence-electron chi connectivity index (χ0n) is 80.5. The van der Waals surface area contributed by atoms with E-state index in [1.54, 1.807) is 28.0 Å². The van der Waals surface area contributed by atoms with Crippen LogP contribution in [-0.4, -0.2) is 305 Å². The standard InChI is InChI=1S/C18H31N3O4.C16H30N4O4.C14H26N4O2.C14H29NO5.C13H27NO4.C12H24O4/c1-13(2)7-16(22)10-21-9-15(19-20-21)11-23-12-18-8-17(5-6-24-18)25-14(3)4;1-13(2)24-9-8-22-6-7-23-12-14-10-20(19-18-14)11-15(21)17-16(3,4)5;1-13(2,3)15-12(19)10-18-9-11(16-17-18)7-8-20-14(4,5)6;1-12(2)9-19-11-15-14(16)10-18-6-5-17-7-8-20-13(3)4;1-11(2)9-14-13(15)10-17-6-5-16-7-8-18-12(3)4;1-10(2)12(13)9-15-6-5-14-7-8-16-11(3)4/h9,13-14,17-18H,5-8,10-12H2,1-4H3;10,13H,6-9,11-12H2,1-5H3,(H,17,21);9H,7-8,10H2,1-6H3,(H,15,19);12-13H,5-11H2,1-4H3,(H,15,16);11-12H,5-10H2,1-4H3,(H,14,15);10-11H,5-9H2,1-4H3/t17-,18+;;;;;/m0...../s1. The molecular weight excluding hydrogens is 1600 g/mol. The second-order valence-electron chi connectivity index (χ2n) is 35.2. The first-order valence-electron chi connectivity index (χ1n) is 43.8. The summed E-state index contributed by atoms with van der Waals surface area (Å²) in [5.41, 5.74) is 1.59. The smallest absolute Gasteiger partial charge is 0.247 e. The molecule has 4 rings (SSSR count). The number of rotatable bonds is 60. The van der Waals surface area contributed by atoms with Crippen molar-refractivity contribution in [3.05, 3.63) is 35.7 Å². The molecule has 0 saturated carbocycles. The van der Waals surface area contributed by atoms with Crippen LogP contribution in [0.2, 0.25) is 0 Å². The molecule has 1 aliphatic rings. The van der Waals surface area contributed by atoms with Crippen molar-refractivity contribution >= 4 is 35.2 Å². The number of nitrogens with one attached hydrogen (secondary N) is 4. The first kappa shape index (κ1) is 119. The van der Waals surface area contributed by atoms with Crippen molar-refractivity contribution in [3.8, 4) is 0 Å². The summed E-state index contributed by atoms with van der Waals surface area (Å²) >= 11 is 0. The number of nitrogens with zero attached hydrogens (tertiary/aromatic N) is 9. The SMILES string of the molecule is CC(C)(C)NC(=O)Cn1cc(CCOC(C)(C)C)nn1.CC(C)CC(=O)Cn1cc(COC[C@H]2C[C@@H](OC(C)C)CCO2)nn1.CC(C)CNC(=O)COCCOCCOC(C)C.CC(C)COCNC(=O)COCCOCCOC(C)C.CC(C)OCCOCCOCC(=O)C(C)C.CC(C)OCCOCCOCc1cn(CC(=O)NC(C)(C)C)nn1. The summed E-state index contributed by atoms with van der Waals surface area (Å²) in [7, 11) is 0. The number of ketones is 2. The maximum Gasteiger partial charge on any atom is 0.247 e. The molecule has 718 valence electrons. The van der Waals surface area contributed by atoms with Gasteiger partial charge in [0.25, 0.3) is 0 Å². The van der Waals surface area contributed by atoms with Gasteiger partial charge in [-0.1, -0.05) is 71.0 Å². The van der Waals surface area contributed by atoms with E-state index < -0.39 is 0 Å². The number of carbonyl (C=O) groups excluding carboxylic acids is 6. The molecule has 0 unspecified atom stereocenters. The number of ether oxygens (including phenoxy) is 17. The zero-order chi connectivity index (χ0) is 93.0. The Bertz CT molecular complexity index is 3070. The fourth-order valence-electron chi connectivity index (χ4n) is 9.57. The fraction of sp³-hybridized carbons (Fsp3) is 0.862. The van der Waals surface area contributed by atoms with Crippen LogP contribution in [0, 0.1) is 23.7 Å². The Hall–Kier alpha value is -6.04. The molecule has 3 aromatic rings. The second kappa shape index (κ2) is 72.9. The molecule has 36 heteroatoms. The molecule has 0 spiro atoms. The molecule has 3 aromatic heterocycles. The van der Waals surface area contributed by atoms with Crippen LogP contribution in [0.15, 0.2) is 18.6 Å². The predicted molar refractivity (Wildman–Crippen MR) is 470 cm³/mol. The number of hydrogen-bond acceptors (Lipinski definition) is 29. The topological polar surface area (TPSA) is 400 Å². The Morgan fingerprint density at radius 1 is 0.431 bits per heavy atom. The van der Waals surface area contributed by atoms with Crippen molar-refractivity contribution in [1.82, 2.24) is 66.2 Å². The second-order valence-corrected chi connectivity index (χ2v) is 35.2. The highest BCUT2D eigenvalue weighted by atomic mass is 16.6. The summed E-state index contributed by atoms with van der Waals surface area (Å²) in [5.74, 6) is 1.18. The molecule has 4 heterocycles. The van der Waals surface area contributed by atoms with Crippen molar-refractivity contribution in [1.29, 1.82) is 0 Å². The van der Waals surface area contributed by atoms with Gasteiger partial charge in [-0.25, -0.2) is 14.0 Å². The van der Waals surface area contributed by atoms with Gasteiger partial charge in [0.15, 0.2) is 11.6 Å². The lowest BCUT2D eigenvalue weighted by Gasteiger charge is -2.30. The third kappa shape index (κ3) is 83.9. The van der Waals surface area contributed by atoms with Crippen LogP contribution in [0.3, 0.4) is 0 Å². The van der Waals surface area contributed by atoms with Gasteiger partial charge in [-0.3, -0.25) is 28.8 Å². The predicted octanol–water partition coefficient (Wildman–Crippen LogP) is 9.16. The van der Waals surface area contributed by atoms with Gasteiger partial charge in [-0.2, -0.15) is 0 Å². The van der Waals surface area contributed by atoms with E-state index in [0.29, 0.717) is 188 Å². The minimum Gasteiger partial charge on any atom is -0.377 e. The van der Waals surface area contributed by atoms with E-state index in [1.807, 2.05) is 159 Å². The number of hydrogen-bond donors (Lipinski definition) is 4. The maximum atomic E-state index is 11.8. The average Bonchev–Trinajstić information content (AvgIpc) is 1.77. The minimum atomic E-state index is -0.260. The van der Waals surface area contributed by atoms with E-state index in [9.17, 15) is 28.8 Å². The van der Waals surface area contributed by atoms with E-state index in [1.165, 1.54) is 4.68 Å². The highest BCUT2D eigenvalue weighted by molar-refractivity contribution is 5.81. The van der Waals surface area contributed by atoms with Crippen molar-refractivity contribution in [2.24, 2.45) is 23.7 Å². The van der Waals surface area contributed by atoms with Crippen LogP contribution in [-0.2, 0) is 149 Å². The monoisotopic (exact) mass is 1760 g/mol. The molecule has 2 atom stereocenters. The van der Waals surface area contributed by atoms with Crippen molar-refractivity contribution < 1.29 is 109 Å². The molecule has 36 nitrogen and oxygen atoms in total. The Balaban J connectivity index is 0. The van der Waals surface area contributed by atoms with Gasteiger partial charge in [-0.05, 0) is 156 Å². The van der Waals surface area contributed by atoms with Gasteiger partial charge in [0.2, 0.25) is 23.6 Å². The summed E-state index contributed by atoms with van der Waals surface area (Å²) in [5, 5.41) is 35.1. The van der Waals surface area contributed by atoms with E-state index in [2.05, 4.69) is 79.9 Å². The largest absolute Gasteiger partial charge is 0.377 e. The average molecular weight is 1760 g/mol. The van der Waals surface area contributed by atoms with Crippen LogP contribution in [0.25, 0.3) is 0 Å². The lowest BCUT2D eigenvalue weighted by atomic mass is 10.1. The fourth-order valence-corrected chi connectivity index (χ4v) is 9.57. The first-order chi connectivity index (χ1) is 57.8. The van der Waals surface area contributed by atoms with Gasteiger partial charge >= 0.3 is 0 Å². The Kier molecular flexibility index (Phi) is 70.6. The molecule has 1 saturated heterocycles. The van der Waals surface area contributed by atoms with Crippen LogP contribution in [0.5, 0.6) is 0 Å². The molecule has 1 aliphatic heterocycles. The maximum absolute atomic E-state index is 11.8. The van der Waals surface area contributed by atoms with E-state index in [-0.39, 0.29) is 147 Å². The third-order valence-electron chi connectivity index (χ3n) is 14.9. The first-order valence-corrected chi connectivity index (χ1v) is 43.8. The molecular formula is C87H167N13O23. The molecule has 4 amide bonds. The molecule has 123 heavy (non-hydrogen) atoms. The van der Waals surface area contributed by atoms with Crippen molar-refractivity contribution in [3.63, 3.8) is 0 Å². The van der Waals surface area contributed by atoms with Crippen LogP contribution < -0.4 is 21.3 Å². The Morgan fingerprint density at radius 3 is 1.24 bits per heavy atom. The highest BCUT2D eigenvalue weighted by Crippen LogP contribution is 2.19. The normalized spacial score (nSPS) is 13.6. The van der Waals surface area contributed by atoms with Crippen molar-refractivity contribution in [2.75, 3.05) is 165 Å². The number of amides is 4. The van der Waals surface area contributed by atoms with E-state index in [4.69, 9.17) is 80.5 Å². The molecule has 0 aliphatic carbocycles.